The predicted molar refractivity (Wildman–Crippen MR) is 71.4 cm³/mol. The van der Waals surface area contributed by atoms with Crippen LogP contribution in [0.15, 0.2) is 36.4 Å². The fraction of sp³-hybridized carbons (Fsp3) is 0.286. The molecule has 1 heterocycles. The Bertz CT molecular complexity index is 479. The van der Waals surface area contributed by atoms with Crippen LogP contribution in [-0.2, 0) is 6.42 Å². The molecule has 0 spiro atoms. The lowest BCUT2D eigenvalue weighted by atomic mass is 10.1. The Morgan fingerprint density at radius 2 is 1.94 bits per heavy atom. The number of ether oxygens (including phenoxy) is 1. The average Bonchev–Trinajstić information content (AvgIpc) is 2.35. The summed E-state index contributed by atoms with van der Waals surface area (Å²) in [6.07, 6.45) is 1.95. The average molecular weight is 243 g/mol. The van der Waals surface area contributed by atoms with Gasteiger partial charge in [-0.2, -0.15) is 4.98 Å². The number of hydrogen-bond acceptors (Lipinski definition) is 4. The van der Waals surface area contributed by atoms with Gasteiger partial charge in [-0.3, -0.25) is 0 Å². The van der Waals surface area contributed by atoms with Crippen molar-refractivity contribution in [3.8, 4) is 5.88 Å². The van der Waals surface area contributed by atoms with Crippen molar-refractivity contribution >= 4 is 5.95 Å². The maximum Gasteiger partial charge on any atom is 0.223 e. The van der Waals surface area contributed by atoms with Gasteiger partial charge < -0.3 is 10.5 Å². The Balaban J connectivity index is 1.78. The number of nitrogens with two attached hydrogens (primary N) is 1. The molecule has 4 heteroatoms. The van der Waals surface area contributed by atoms with Crippen molar-refractivity contribution < 1.29 is 4.74 Å². The molecule has 0 atom stereocenters. The lowest BCUT2D eigenvalue weighted by molar-refractivity contribution is 0.299. The van der Waals surface area contributed by atoms with E-state index >= 15 is 0 Å². The number of aryl methyl sites for hydroxylation is 2. The summed E-state index contributed by atoms with van der Waals surface area (Å²) in [6, 6.07) is 12.1. The molecular weight excluding hydrogens is 226 g/mol. The van der Waals surface area contributed by atoms with Gasteiger partial charge in [0.15, 0.2) is 0 Å². The fourth-order valence-corrected chi connectivity index (χ4v) is 1.73. The lowest BCUT2D eigenvalue weighted by Crippen LogP contribution is -2.04. The second-order valence-electron chi connectivity index (χ2n) is 4.14. The monoisotopic (exact) mass is 243 g/mol. The number of hydrogen-bond donors (Lipinski definition) is 1. The van der Waals surface area contributed by atoms with Crippen LogP contribution in [0.25, 0.3) is 0 Å². The predicted octanol–water partition coefficient (Wildman–Crippen LogP) is 2.38. The summed E-state index contributed by atoms with van der Waals surface area (Å²) < 4.78 is 5.56. The van der Waals surface area contributed by atoms with Gasteiger partial charge >= 0.3 is 0 Å². The van der Waals surface area contributed by atoms with Crippen LogP contribution in [0, 0.1) is 6.92 Å². The highest BCUT2D eigenvalue weighted by atomic mass is 16.5. The molecule has 94 valence electrons. The first-order valence-corrected chi connectivity index (χ1v) is 6.02. The van der Waals surface area contributed by atoms with E-state index in [0.29, 0.717) is 12.5 Å². The maximum absolute atomic E-state index is 5.56. The normalized spacial score (nSPS) is 10.3. The van der Waals surface area contributed by atoms with E-state index in [2.05, 4.69) is 22.1 Å². The molecule has 1 aromatic carbocycles. The highest BCUT2D eigenvalue weighted by Gasteiger charge is 2.00. The molecule has 0 saturated carbocycles. The second-order valence-corrected chi connectivity index (χ2v) is 4.14. The van der Waals surface area contributed by atoms with Crippen molar-refractivity contribution in [2.75, 3.05) is 12.3 Å². The maximum atomic E-state index is 5.56. The minimum atomic E-state index is 0.257. The largest absolute Gasteiger partial charge is 0.478 e. The molecule has 2 rings (SSSR count). The summed E-state index contributed by atoms with van der Waals surface area (Å²) in [5, 5.41) is 0. The number of aromatic nitrogens is 2. The molecule has 0 radical (unpaired) electrons. The minimum Gasteiger partial charge on any atom is -0.478 e. The first-order chi connectivity index (χ1) is 8.74. The van der Waals surface area contributed by atoms with Crippen molar-refractivity contribution in [1.29, 1.82) is 0 Å². The van der Waals surface area contributed by atoms with Crippen molar-refractivity contribution in [3.05, 3.63) is 47.7 Å². The molecule has 1 aromatic heterocycles. The highest BCUT2D eigenvalue weighted by molar-refractivity contribution is 5.25. The quantitative estimate of drug-likeness (QED) is 0.819. The standard InChI is InChI=1S/C14H17N3O/c1-11-10-13(17-14(15)16-11)18-9-5-8-12-6-3-2-4-7-12/h2-4,6-7,10H,5,8-9H2,1H3,(H2,15,16,17). The van der Waals surface area contributed by atoms with Gasteiger partial charge in [0.05, 0.1) is 6.61 Å². The first-order valence-electron chi connectivity index (χ1n) is 6.02. The third-order valence-electron chi connectivity index (χ3n) is 2.55. The van der Waals surface area contributed by atoms with Crippen LogP contribution in [0.4, 0.5) is 5.95 Å². The zero-order chi connectivity index (χ0) is 12.8. The molecule has 2 aromatic rings. The van der Waals surface area contributed by atoms with Crippen LogP contribution in [0.2, 0.25) is 0 Å². The summed E-state index contributed by atoms with van der Waals surface area (Å²) >= 11 is 0. The molecule has 0 bridgehead atoms. The van der Waals surface area contributed by atoms with Gasteiger partial charge in [-0.1, -0.05) is 30.3 Å². The van der Waals surface area contributed by atoms with Crippen molar-refractivity contribution in [1.82, 2.24) is 9.97 Å². The van der Waals surface area contributed by atoms with Gasteiger partial charge in [-0.15, -0.1) is 0 Å². The van der Waals surface area contributed by atoms with E-state index < -0.39 is 0 Å². The van der Waals surface area contributed by atoms with E-state index in [-0.39, 0.29) is 5.95 Å². The third kappa shape index (κ3) is 3.73. The molecule has 18 heavy (non-hydrogen) atoms. The Kier molecular flexibility index (Phi) is 4.12. The van der Waals surface area contributed by atoms with Crippen LogP contribution in [0.5, 0.6) is 5.88 Å². The van der Waals surface area contributed by atoms with E-state index in [1.54, 1.807) is 6.07 Å². The molecular formula is C14H17N3O. The number of nitrogen functional groups attached to an aromatic ring is 1. The van der Waals surface area contributed by atoms with Crippen LogP contribution in [-0.4, -0.2) is 16.6 Å². The van der Waals surface area contributed by atoms with E-state index in [1.807, 2.05) is 25.1 Å². The number of nitrogens with zero attached hydrogens (tertiary/aromatic N) is 2. The van der Waals surface area contributed by atoms with E-state index in [9.17, 15) is 0 Å². The molecule has 0 fully saturated rings. The SMILES string of the molecule is Cc1cc(OCCCc2ccccc2)nc(N)n1. The Hall–Kier alpha value is -2.10. The summed E-state index contributed by atoms with van der Waals surface area (Å²) in [7, 11) is 0. The molecule has 0 aliphatic carbocycles. The zero-order valence-corrected chi connectivity index (χ0v) is 10.5. The molecule has 0 aliphatic rings. The smallest absolute Gasteiger partial charge is 0.223 e. The summed E-state index contributed by atoms with van der Waals surface area (Å²) in [6.45, 7) is 2.50. The van der Waals surface area contributed by atoms with E-state index in [4.69, 9.17) is 10.5 Å². The molecule has 0 amide bonds. The van der Waals surface area contributed by atoms with Gasteiger partial charge in [0.1, 0.15) is 0 Å². The summed E-state index contributed by atoms with van der Waals surface area (Å²) in [5.41, 5.74) is 7.69. The summed E-state index contributed by atoms with van der Waals surface area (Å²) in [5.74, 6) is 0.807. The topological polar surface area (TPSA) is 61.0 Å². The summed E-state index contributed by atoms with van der Waals surface area (Å²) in [4.78, 5) is 8.02. The van der Waals surface area contributed by atoms with Crippen molar-refractivity contribution in [3.63, 3.8) is 0 Å². The Morgan fingerprint density at radius 3 is 2.67 bits per heavy atom. The van der Waals surface area contributed by atoms with Crippen LogP contribution >= 0.6 is 0 Å². The Morgan fingerprint density at radius 1 is 1.17 bits per heavy atom. The van der Waals surface area contributed by atoms with Crippen LogP contribution in [0.3, 0.4) is 0 Å². The van der Waals surface area contributed by atoms with Crippen LogP contribution < -0.4 is 10.5 Å². The molecule has 0 unspecified atom stereocenters. The van der Waals surface area contributed by atoms with Gasteiger partial charge in [0.25, 0.3) is 0 Å². The number of anilines is 1. The van der Waals surface area contributed by atoms with Crippen molar-refractivity contribution in [2.24, 2.45) is 0 Å². The lowest BCUT2D eigenvalue weighted by Gasteiger charge is -2.06. The number of rotatable bonds is 5. The van der Waals surface area contributed by atoms with E-state index in [0.717, 1.165) is 18.5 Å². The molecule has 2 N–H and O–H groups in total. The van der Waals surface area contributed by atoms with Crippen molar-refractivity contribution in [2.45, 2.75) is 19.8 Å². The van der Waals surface area contributed by atoms with Gasteiger partial charge in [-0.05, 0) is 25.3 Å². The zero-order valence-electron chi connectivity index (χ0n) is 10.5. The fourth-order valence-electron chi connectivity index (χ4n) is 1.73. The van der Waals surface area contributed by atoms with E-state index in [1.165, 1.54) is 5.56 Å². The van der Waals surface area contributed by atoms with Gasteiger partial charge in [-0.25, -0.2) is 4.98 Å². The Labute approximate surface area is 107 Å². The first kappa shape index (κ1) is 12.4. The molecule has 4 nitrogen and oxygen atoms in total. The van der Waals surface area contributed by atoms with Gasteiger partial charge in [0, 0.05) is 11.8 Å². The number of benzene rings is 1. The highest BCUT2D eigenvalue weighted by Crippen LogP contribution is 2.10. The van der Waals surface area contributed by atoms with Crippen LogP contribution in [0.1, 0.15) is 17.7 Å². The molecule has 0 aliphatic heterocycles. The van der Waals surface area contributed by atoms with Gasteiger partial charge in [0.2, 0.25) is 11.8 Å². The minimum absolute atomic E-state index is 0.257. The second kappa shape index (κ2) is 6.00. The molecule has 0 saturated heterocycles. The third-order valence-corrected chi connectivity index (χ3v) is 2.55.